The summed E-state index contributed by atoms with van der Waals surface area (Å²) < 4.78 is 0. The normalized spacial score (nSPS) is 13.6. The molecule has 33 heavy (non-hydrogen) atoms. The van der Waals surface area contributed by atoms with Gasteiger partial charge in [-0.15, -0.1) is 0 Å². The molecule has 0 atom stereocenters. The van der Waals surface area contributed by atoms with Gasteiger partial charge in [0.05, 0.1) is 0 Å². The van der Waals surface area contributed by atoms with E-state index in [1.807, 2.05) is 0 Å². The van der Waals surface area contributed by atoms with Crippen LogP contribution in [0.2, 0.25) is 0 Å². The minimum Gasteiger partial charge on any atom is -0.0667 e. The van der Waals surface area contributed by atoms with Gasteiger partial charge in [-0.25, -0.2) is 0 Å². The van der Waals surface area contributed by atoms with E-state index < -0.39 is 0 Å². The Kier molecular flexibility index (Phi) is 6.38. The molecule has 1 heteroatoms. The van der Waals surface area contributed by atoms with Gasteiger partial charge in [0.1, 0.15) is 0 Å². The molecule has 0 fully saturated rings. The molecule has 4 rings (SSSR count). The van der Waals surface area contributed by atoms with Gasteiger partial charge in [0, 0.05) is 0 Å². The van der Waals surface area contributed by atoms with Gasteiger partial charge in [-0.3, -0.25) is 0 Å². The van der Waals surface area contributed by atoms with E-state index in [9.17, 15) is 0 Å². The molecule has 0 unspecified atom stereocenters. The van der Waals surface area contributed by atoms with E-state index in [2.05, 4.69) is 117 Å². The van der Waals surface area contributed by atoms with Crippen molar-refractivity contribution in [2.24, 2.45) is 0 Å². The lowest BCUT2D eigenvalue weighted by molar-refractivity contribution is 0.589. The largest absolute Gasteiger partial charge is 0.242 e. The molecule has 0 N–H and O–H groups in total. The Morgan fingerprint density at radius 2 is 1.24 bits per heavy atom. The molecule has 0 bridgehead atoms. The Bertz CT molecular complexity index is 1130. The molecular formula is C32H41B. The molecule has 0 saturated heterocycles. The van der Waals surface area contributed by atoms with Crippen molar-refractivity contribution in [2.75, 3.05) is 0 Å². The molecule has 3 aromatic carbocycles. The van der Waals surface area contributed by atoms with Crippen LogP contribution < -0.4 is 16.4 Å². The molecule has 0 amide bonds. The first-order valence-electron chi connectivity index (χ1n) is 12.9. The average Bonchev–Trinajstić information content (AvgIpc) is 2.75. The van der Waals surface area contributed by atoms with Gasteiger partial charge < -0.3 is 0 Å². The van der Waals surface area contributed by atoms with Crippen molar-refractivity contribution in [2.45, 2.75) is 91.9 Å². The third-order valence-corrected chi connectivity index (χ3v) is 7.53. The number of hydrogen-bond acceptors (Lipinski definition) is 0. The van der Waals surface area contributed by atoms with Gasteiger partial charge in [0.25, 0.3) is 0 Å². The first kappa shape index (κ1) is 23.9. The summed E-state index contributed by atoms with van der Waals surface area (Å²) in [5.74, 6) is 1.51. The summed E-state index contributed by atoms with van der Waals surface area (Å²) >= 11 is 0. The number of fused-ring (bicyclic) bond motifs is 2. The van der Waals surface area contributed by atoms with Gasteiger partial charge in [-0.05, 0) is 63.0 Å². The lowest BCUT2D eigenvalue weighted by atomic mass is 9.32. The monoisotopic (exact) mass is 436 g/mol. The average molecular weight is 436 g/mol. The third kappa shape index (κ3) is 4.44. The van der Waals surface area contributed by atoms with E-state index in [1.54, 1.807) is 5.46 Å². The minimum absolute atomic E-state index is 0.159. The van der Waals surface area contributed by atoms with Crippen LogP contribution in [-0.4, -0.2) is 6.71 Å². The lowest BCUT2D eigenvalue weighted by Gasteiger charge is -2.33. The van der Waals surface area contributed by atoms with Crippen LogP contribution in [0.4, 0.5) is 0 Å². The van der Waals surface area contributed by atoms with E-state index in [0.29, 0.717) is 24.5 Å². The predicted octanol–water partition coefficient (Wildman–Crippen LogP) is 6.77. The van der Waals surface area contributed by atoms with E-state index >= 15 is 0 Å². The minimum atomic E-state index is 0.159. The summed E-state index contributed by atoms with van der Waals surface area (Å²) in [4.78, 5) is 0. The summed E-state index contributed by atoms with van der Waals surface area (Å²) in [5, 5.41) is 0. The zero-order chi connectivity index (χ0) is 24.1. The Labute approximate surface area is 202 Å². The standard InChI is InChI=1S/C32H41B/c1-20(2)24-18-27(21(3)4)31(28(19-24)22(5)6)33-29-13-11-10-12-23(29)16-25-17-26(32(7,8)9)14-15-30(25)33/h10-15,17-22H,16H2,1-9H3. The second-order valence-corrected chi connectivity index (χ2v) is 12.0. The second-order valence-electron chi connectivity index (χ2n) is 12.0. The van der Waals surface area contributed by atoms with Crippen LogP contribution in [0.5, 0.6) is 0 Å². The number of rotatable bonds is 4. The predicted molar refractivity (Wildman–Crippen MR) is 148 cm³/mol. The van der Waals surface area contributed by atoms with Crippen molar-refractivity contribution in [1.29, 1.82) is 0 Å². The van der Waals surface area contributed by atoms with E-state index in [0.717, 1.165) is 6.42 Å². The van der Waals surface area contributed by atoms with Crippen molar-refractivity contribution in [3.8, 4) is 0 Å². The SMILES string of the molecule is CC(C)c1cc(C(C)C)c(B2c3ccccc3Cc3cc(C(C)(C)C)ccc32)c(C(C)C)c1. The third-order valence-electron chi connectivity index (χ3n) is 7.53. The van der Waals surface area contributed by atoms with Crippen LogP contribution in [0.3, 0.4) is 0 Å². The van der Waals surface area contributed by atoms with E-state index in [1.165, 1.54) is 44.3 Å². The van der Waals surface area contributed by atoms with Crippen LogP contribution in [-0.2, 0) is 11.8 Å². The maximum atomic E-state index is 2.51. The maximum absolute atomic E-state index is 2.51. The van der Waals surface area contributed by atoms with Crippen molar-refractivity contribution in [1.82, 2.24) is 0 Å². The van der Waals surface area contributed by atoms with Gasteiger partial charge in [-0.2, -0.15) is 0 Å². The molecule has 0 saturated carbocycles. The van der Waals surface area contributed by atoms with Crippen LogP contribution in [0.25, 0.3) is 0 Å². The van der Waals surface area contributed by atoms with E-state index in [4.69, 9.17) is 0 Å². The van der Waals surface area contributed by atoms with Crippen LogP contribution >= 0.6 is 0 Å². The molecule has 0 spiro atoms. The number of benzene rings is 3. The van der Waals surface area contributed by atoms with Crippen molar-refractivity contribution >= 4 is 23.1 Å². The molecule has 1 aliphatic heterocycles. The van der Waals surface area contributed by atoms with Gasteiger partial charge >= 0.3 is 0 Å². The highest BCUT2D eigenvalue weighted by atomic mass is 14.2. The van der Waals surface area contributed by atoms with Crippen molar-refractivity contribution < 1.29 is 0 Å². The smallest absolute Gasteiger partial charge is 0.0667 e. The first-order chi connectivity index (χ1) is 15.5. The Balaban J connectivity index is 2.06. The molecule has 1 aliphatic rings. The molecular weight excluding hydrogens is 395 g/mol. The molecule has 172 valence electrons. The summed E-state index contributed by atoms with van der Waals surface area (Å²) in [5.41, 5.74) is 13.7. The quantitative estimate of drug-likeness (QED) is 0.310. The molecule has 0 nitrogen and oxygen atoms in total. The summed E-state index contributed by atoms with van der Waals surface area (Å²) in [6, 6.07) is 21.5. The first-order valence-corrected chi connectivity index (χ1v) is 12.9. The fraction of sp³-hybridized carbons (Fsp3) is 0.438. The molecule has 1 heterocycles. The Hall–Kier alpha value is -2.28. The van der Waals surface area contributed by atoms with Crippen LogP contribution in [0.15, 0.2) is 54.6 Å². The molecule has 0 radical (unpaired) electrons. The fourth-order valence-electron chi connectivity index (χ4n) is 5.51. The zero-order valence-electron chi connectivity index (χ0n) is 22.2. The second kappa shape index (κ2) is 8.82. The lowest BCUT2D eigenvalue weighted by Crippen LogP contribution is -2.59. The van der Waals surface area contributed by atoms with Gasteiger partial charge in [0.15, 0.2) is 0 Å². The van der Waals surface area contributed by atoms with Gasteiger partial charge in [0.2, 0.25) is 6.71 Å². The molecule has 3 aromatic rings. The maximum Gasteiger partial charge on any atom is 0.242 e. The Morgan fingerprint density at radius 1 is 0.667 bits per heavy atom. The van der Waals surface area contributed by atoms with Crippen molar-refractivity contribution in [3.63, 3.8) is 0 Å². The van der Waals surface area contributed by atoms with Crippen LogP contribution in [0, 0.1) is 0 Å². The fourth-order valence-corrected chi connectivity index (χ4v) is 5.51. The zero-order valence-corrected chi connectivity index (χ0v) is 22.2. The summed E-state index contributed by atoms with van der Waals surface area (Å²) in [6.07, 6.45) is 1.03. The topological polar surface area (TPSA) is 0 Å². The van der Waals surface area contributed by atoms with Gasteiger partial charge in [-0.1, -0.05) is 133 Å². The highest BCUT2D eigenvalue weighted by Gasteiger charge is 2.35. The highest BCUT2D eigenvalue weighted by Crippen LogP contribution is 2.29. The van der Waals surface area contributed by atoms with Crippen molar-refractivity contribution in [3.05, 3.63) is 88.0 Å². The molecule has 0 aliphatic carbocycles. The highest BCUT2D eigenvalue weighted by molar-refractivity contribution is 6.97. The van der Waals surface area contributed by atoms with Crippen LogP contribution in [0.1, 0.15) is 113 Å². The van der Waals surface area contributed by atoms with E-state index in [-0.39, 0.29) is 5.41 Å². The summed E-state index contributed by atoms with van der Waals surface area (Å²) in [6.45, 7) is 21.4. The number of hydrogen-bond donors (Lipinski definition) is 0. The summed E-state index contributed by atoms with van der Waals surface area (Å²) in [7, 11) is 0. The Morgan fingerprint density at radius 3 is 1.79 bits per heavy atom. The molecule has 0 aromatic heterocycles.